The van der Waals surface area contributed by atoms with Crippen molar-refractivity contribution in [3.05, 3.63) is 66.5 Å². The summed E-state index contributed by atoms with van der Waals surface area (Å²) in [6.45, 7) is 2.43. The molecule has 4 aromatic rings. The molecule has 1 amide bonds. The molecular weight excluding hydrogens is 446 g/mol. The minimum Gasteiger partial charge on any atom is -0.493 e. The van der Waals surface area contributed by atoms with E-state index in [1.807, 2.05) is 53.4 Å². The number of anilines is 1. The van der Waals surface area contributed by atoms with Crippen molar-refractivity contribution in [1.29, 1.82) is 0 Å². The number of aromatic nitrogens is 5. The normalized spacial score (nSPS) is 14.0. The molecule has 5 rings (SSSR count). The van der Waals surface area contributed by atoms with E-state index in [1.54, 1.807) is 31.1 Å². The standard InChI is InChI=1S/C25H25N7O3/c1-34-20-10-8-18(16-21(20)35-2)9-11-22(33)30-12-14-31(15-13-30)24-23-25(27-17-26-24)32(29-28-23)19-6-4-3-5-7-19/h3-11,16-17H,12-15H2,1-2H3/b11-9-. The second-order valence-electron chi connectivity index (χ2n) is 7.97. The molecule has 2 aromatic carbocycles. The lowest BCUT2D eigenvalue weighted by atomic mass is 10.2. The Hall–Kier alpha value is -4.47. The second kappa shape index (κ2) is 9.80. The summed E-state index contributed by atoms with van der Waals surface area (Å²) in [4.78, 5) is 25.6. The average molecular weight is 472 g/mol. The first-order chi connectivity index (χ1) is 17.2. The molecule has 0 unspecified atom stereocenters. The summed E-state index contributed by atoms with van der Waals surface area (Å²) >= 11 is 0. The van der Waals surface area contributed by atoms with E-state index in [9.17, 15) is 4.79 Å². The number of amides is 1. The van der Waals surface area contributed by atoms with Gasteiger partial charge in [-0.2, -0.15) is 4.68 Å². The molecule has 0 N–H and O–H groups in total. The molecule has 0 bridgehead atoms. The van der Waals surface area contributed by atoms with Crippen LogP contribution >= 0.6 is 0 Å². The fourth-order valence-electron chi connectivity index (χ4n) is 4.08. The van der Waals surface area contributed by atoms with E-state index in [-0.39, 0.29) is 5.91 Å². The van der Waals surface area contributed by atoms with Crippen LogP contribution in [0.25, 0.3) is 22.9 Å². The zero-order valence-electron chi connectivity index (χ0n) is 19.5. The Labute approximate surface area is 202 Å². The summed E-state index contributed by atoms with van der Waals surface area (Å²) in [5, 5.41) is 8.64. The number of carbonyl (C=O) groups excluding carboxylic acids is 1. The number of carbonyl (C=O) groups is 1. The first-order valence-corrected chi connectivity index (χ1v) is 11.2. The van der Waals surface area contributed by atoms with Crippen LogP contribution in [0.15, 0.2) is 60.9 Å². The van der Waals surface area contributed by atoms with E-state index in [0.29, 0.717) is 48.8 Å². The van der Waals surface area contributed by atoms with Gasteiger partial charge in [0.15, 0.2) is 28.5 Å². The molecule has 35 heavy (non-hydrogen) atoms. The molecule has 10 nitrogen and oxygen atoms in total. The van der Waals surface area contributed by atoms with Crippen LogP contribution in [0.1, 0.15) is 5.56 Å². The Kier molecular flexibility index (Phi) is 6.25. The van der Waals surface area contributed by atoms with Crippen LogP contribution in [-0.4, -0.2) is 76.2 Å². The maximum absolute atomic E-state index is 12.8. The molecule has 1 fully saturated rings. The summed E-state index contributed by atoms with van der Waals surface area (Å²) in [6.07, 6.45) is 4.90. The van der Waals surface area contributed by atoms with Crippen LogP contribution in [0, 0.1) is 0 Å². The van der Waals surface area contributed by atoms with Crippen molar-refractivity contribution >= 4 is 29.0 Å². The van der Waals surface area contributed by atoms with E-state index >= 15 is 0 Å². The highest BCUT2D eigenvalue weighted by atomic mass is 16.5. The van der Waals surface area contributed by atoms with Gasteiger partial charge in [0.1, 0.15) is 6.33 Å². The summed E-state index contributed by atoms with van der Waals surface area (Å²) < 4.78 is 12.3. The molecule has 2 aromatic heterocycles. The quantitative estimate of drug-likeness (QED) is 0.396. The van der Waals surface area contributed by atoms with Gasteiger partial charge in [-0.25, -0.2) is 9.97 Å². The van der Waals surface area contributed by atoms with Gasteiger partial charge in [-0.15, -0.1) is 5.10 Å². The van der Waals surface area contributed by atoms with E-state index in [4.69, 9.17) is 9.47 Å². The maximum Gasteiger partial charge on any atom is 0.246 e. The summed E-state index contributed by atoms with van der Waals surface area (Å²) in [5.74, 6) is 1.96. The van der Waals surface area contributed by atoms with Gasteiger partial charge < -0.3 is 19.3 Å². The van der Waals surface area contributed by atoms with Crippen molar-refractivity contribution < 1.29 is 14.3 Å². The first-order valence-electron chi connectivity index (χ1n) is 11.2. The second-order valence-corrected chi connectivity index (χ2v) is 7.97. The molecule has 1 saturated heterocycles. The van der Waals surface area contributed by atoms with Crippen molar-refractivity contribution in [2.75, 3.05) is 45.3 Å². The number of fused-ring (bicyclic) bond motifs is 1. The zero-order valence-corrected chi connectivity index (χ0v) is 19.5. The topological polar surface area (TPSA) is 98.5 Å². The summed E-state index contributed by atoms with van der Waals surface area (Å²) in [6, 6.07) is 15.3. The Morgan fingerprint density at radius 3 is 2.46 bits per heavy atom. The number of rotatable bonds is 6. The van der Waals surface area contributed by atoms with Gasteiger partial charge in [0.05, 0.1) is 19.9 Å². The average Bonchev–Trinajstić information content (AvgIpc) is 3.36. The fraction of sp³-hybridized carbons (Fsp3) is 0.240. The third kappa shape index (κ3) is 4.50. The number of benzene rings is 2. The third-order valence-corrected chi connectivity index (χ3v) is 5.94. The monoisotopic (exact) mass is 471 g/mol. The van der Waals surface area contributed by atoms with Crippen LogP contribution in [0.5, 0.6) is 11.5 Å². The molecule has 1 aliphatic rings. The molecule has 0 atom stereocenters. The van der Waals surface area contributed by atoms with Crippen LogP contribution in [0.3, 0.4) is 0 Å². The summed E-state index contributed by atoms with van der Waals surface area (Å²) in [7, 11) is 3.18. The lowest BCUT2D eigenvalue weighted by molar-refractivity contribution is -0.126. The van der Waals surface area contributed by atoms with Crippen molar-refractivity contribution in [2.45, 2.75) is 0 Å². The minimum absolute atomic E-state index is 0.0395. The molecule has 0 spiro atoms. The lowest BCUT2D eigenvalue weighted by Crippen LogP contribution is -2.48. The molecule has 0 aliphatic carbocycles. The van der Waals surface area contributed by atoms with Crippen molar-refractivity contribution in [1.82, 2.24) is 29.9 Å². The van der Waals surface area contributed by atoms with Crippen molar-refractivity contribution in [2.24, 2.45) is 0 Å². The van der Waals surface area contributed by atoms with Gasteiger partial charge in [0.25, 0.3) is 0 Å². The zero-order chi connectivity index (χ0) is 24.2. The number of methoxy groups -OCH3 is 2. The van der Waals surface area contributed by atoms with Gasteiger partial charge in [0, 0.05) is 32.3 Å². The number of ether oxygens (including phenoxy) is 2. The molecule has 3 heterocycles. The highest BCUT2D eigenvalue weighted by Gasteiger charge is 2.24. The van der Waals surface area contributed by atoms with Crippen LogP contribution in [-0.2, 0) is 4.79 Å². The molecule has 1 aliphatic heterocycles. The SMILES string of the molecule is COc1ccc(/C=C\C(=O)N2CCN(c3ncnc4c3nnn4-c3ccccc3)CC2)cc1OC. The Morgan fingerprint density at radius 1 is 0.943 bits per heavy atom. The van der Waals surface area contributed by atoms with Crippen LogP contribution < -0.4 is 14.4 Å². The number of hydrogen-bond donors (Lipinski definition) is 0. The van der Waals surface area contributed by atoms with Crippen molar-refractivity contribution in [3.63, 3.8) is 0 Å². The Balaban J connectivity index is 1.26. The minimum atomic E-state index is -0.0395. The van der Waals surface area contributed by atoms with Gasteiger partial charge >= 0.3 is 0 Å². The van der Waals surface area contributed by atoms with Crippen LogP contribution in [0.4, 0.5) is 5.82 Å². The number of nitrogens with zero attached hydrogens (tertiary/aromatic N) is 7. The van der Waals surface area contributed by atoms with Gasteiger partial charge in [-0.05, 0) is 35.9 Å². The number of hydrogen-bond acceptors (Lipinski definition) is 8. The number of para-hydroxylation sites is 1. The first kappa shape index (κ1) is 22.3. The molecule has 0 radical (unpaired) electrons. The van der Waals surface area contributed by atoms with Crippen molar-refractivity contribution in [3.8, 4) is 17.2 Å². The predicted octanol–water partition coefficient (Wildman–Crippen LogP) is 2.59. The highest BCUT2D eigenvalue weighted by Crippen LogP contribution is 2.28. The van der Waals surface area contributed by atoms with E-state index in [0.717, 1.165) is 17.1 Å². The molecule has 10 heteroatoms. The highest BCUT2D eigenvalue weighted by molar-refractivity contribution is 5.92. The Morgan fingerprint density at radius 2 is 1.71 bits per heavy atom. The predicted molar refractivity (Wildman–Crippen MR) is 132 cm³/mol. The maximum atomic E-state index is 12.8. The Bertz CT molecular complexity index is 1360. The molecule has 178 valence electrons. The third-order valence-electron chi connectivity index (χ3n) is 5.94. The van der Waals surface area contributed by atoms with E-state index < -0.39 is 0 Å². The summed E-state index contributed by atoms with van der Waals surface area (Å²) in [5.41, 5.74) is 3.04. The fourth-order valence-corrected chi connectivity index (χ4v) is 4.08. The smallest absolute Gasteiger partial charge is 0.246 e. The molecule has 0 saturated carbocycles. The molecular formula is C25H25N7O3. The van der Waals surface area contributed by atoms with E-state index in [1.165, 1.54) is 6.33 Å². The van der Waals surface area contributed by atoms with Gasteiger partial charge in [0.2, 0.25) is 5.91 Å². The van der Waals surface area contributed by atoms with Crippen LogP contribution in [0.2, 0.25) is 0 Å². The number of piperazine rings is 1. The van der Waals surface area contributed by atoms with Gasteiger partial charge in [-0.1, -0.05) is 29.5 Å². The largest absolute Gasteiger partial charge is 0.493 e. The van der Waals surface area contributed by atoms with E-state index in [2.05, 4.69) is 25.2 Å². The van der Waals surface area contributed by atoms with Gasteiger partial charge in [-0.3, -0.25) is 4.79 Å². The lowest BCUT2D eigenvalue weighted by Gasteiger charge is -2.34.